The number of alkyl halides is 3. The predicted molar refractivity (Wildman–Crippen MR) is 174 cm³/mol. The Balaban J connectivity index is 0.00000213. The number of nitrogens with zero attached hydrogens (tertiary/aromatic N) is 5. The average Bonchev–Trinajstić information content (AvgIpc) is 3.76. The van der Waals surface area contributed by atoms with Crippen molar-refractivity contribution in [1.29, 1.82) is 0 Å². The average molecular weight is 678 g/mol. The Labute approximate surface area is 275 Å². The molecule has 3 N–H and O–H groups in total. The summed E-state index contributed by atoms with van der Waals surface area (Å²) in [5.74, 6) is -0.413. The quantitative estimate of drug-likeness (QED) is 0.184. The first-order valence-corrected chi connectivity index (χ1v) is 16.6. The first-order valence-electron chi connectivity index (χ1n) is 15.8. The molecule has 1 aromatic carbocycles. The molecule has 2 aliphatic heterocycles. The molecule has 15 heteroatoms. The van der Waals surface area contributed by atoms with Crippen molar-refractivity contribution < 1.29 is 32.3 Å². The maximum atomic E-state index is 13.8. The Morgan fingerprint density at radius 1 is 1.19 bits per heavy atom. The second-order valence-corrected chi connectivity index (χ2v) is 13.5. The molecular formula is C32H42F3N7O4S. The highest BCUT2D eigenvalue weighted by molar-refractivity contribution is 7.23. The van der Waals surface area contributed by atoms with Crippen LogP contribution in [0.1, 0.15) is 75.2 Å². The molecule has 11 nitrogen and oxygen atoms in total. The van der Waals surface area contributed by atoms with Gasteiger partial charge in [0.2, 0.25) is 17.6 Å². The van der Waals surface area contributed by atoms with Crippen LogP contribution in [0.3, 0.4) is 0 Å². The number of benzene rings is 1. The molecule has 6 rings (SSSR count). The van der Waals surface area contributed by atoms with E-state index >= 15 is 0 Å². The molecule has 2 unspecified atom stereocenters. The second-order valence-electron chi connectivity index (χ2n) is 12.5. The SMILES string of the molecule is CC.COc1nn(CC(C)(C)O)cc1C(=O)NCc1nc(-c2sc3c(NC4CC5CCC(C4)N5C)cccc3c2CC(F)(F)F)no1. The third-order valence-corrected chi connectivity index (χ3v) is 9.72. The number of carbonyl (C=O) groups is 1. The summed E-state index contributed by atoms with van der Waals surface area (Å²) in [6.45, 7) is 7.19. The zero-order valence-corrected chi connectivity index (χ0v) is 28.3. The molecule has 5 heterocycles. The molecule has 2 saturated heterocycles. The smallest absolute Gasteiger partial charge is 0.393 e. The summed E-state index contributed by atoms with van der Waals surface area (Å²) < 4.78 is 54.1. The number of amides is 1. The van der Waals surface area contributed by atoms with Crippen molar-refractivity contribution >= 4 is 33.0 Å². The van der Waals surface area contributed by atoms with Crippen LogP contribution in [0.2, 0.25) is 0 Å². The van der Waals surface area contributed by atoms with Crippen LogP contribution in [0.5, 0.6) is 5.88 Å². The topological polar surface area (TPSA) is 131 Å². The molecule has 2 aliphatic rings. The highest BCUT2D eigenvalue weighted by atomic mass is 32.1. The minimum Gasteiger partial charge on any atom is -0.479 e. The van der Waals surface area contributed by atoms with Gasteiger partial charge in [0, 0.05) is 24.3 Å². The van der Waals surface area contributed by atoms with Gasteiger partial charge in [-0.2, -0.15) is 18.2 Å². The van der Waals surface area contributed by atoms with E-state index in [1.54, 1.807) is 26.0 Å². The van der Waals surface area contributed by atoms with Crippen molar-refractivity contribution in [2.75, 3.05) is 19.5 Å². The number of hydrogen-bond acceptors (Lipinski definition) is 10. The van der Waals surface area contributed by atoms with Gasteiger partial charge in [-0.3, -0.25) is 9.48 Å². The first kappa shape index (κ1) is 34.6. The van der Waals surface area contributed by atoms with Crippen LogP contribution in [-0.2, 0) is 19.5 Å². The van der Waals surface area contributed by atoms with E-state index in [-0.39, 0.29) is 52.7 Å². The minimum atomic E-state index is -4.45. The summed E-state index contributed by atoms with van der Waals surface area (Å²) in [5, 5.41) is 25.0. The zero-order valence-electron chi connectivity index (χ0n) is 27.4. The molecule has 47 heavy (non-hydrogen) atoms. The molecule has 2 fully saturated rings. The van der Waals surface area contributed by atoms with Crippen molar-refractivity contribution in [3.63, 3.8) is 0 Å². The minimum absolute atomic E-state index is 0.0248. The van der Waals surface area contributed by atoms with Gasteiger partial charge in [-0.1, -0.05) is 31.1 Å². The van der Waals surface area contributed by atoms with Crippen LogP contribution in [0.4, 0.5) is 18.9 Å². The van der Waals surface area contributed by atoms with E-state index in [4.69, 9.17) is 9.26 Å². The maximum absolute atomic E-state index is 13.8. The standard InChI is InChI=1S/C30H36F3N7O4S.C2H6/c1-29(2,42)15-40-14-21(28(37-40)43-4)27(41)34-13-23-36-26(38-44-23)25-20(12-30(31,32)33)19-6-5-7-22(24(19)45-25)35-16-10-17-8-9-18(11-16)39(17)3;1-2/h5-7,14,16-18,35,42H,8-13,15H2,1-4H3,(H,34,41);1-2H3. The van der Waals surface area contributed by atoms with Crippen LogP contribution < -0.4 is 15.4 Å². The Kier molecular flexibility index (Phi) is 10.2. The summed E-state index contributed by atoms with van der Waals surface area (Å²) in [7, 11) is 3.54. The van der Waals surface area contributed by atoms with Crippen molar-refractivity contribution in [2.24, 2.45) is 0 Å². The molecule has 0 radical (unpaired) electrons. The third-order valence-electron chi connectivity index (χ3n) is 8.44. The molecule has 0 aliphatic carbocycles. The summed E-state index contributed by atoms with van der Waals surface area (Å²) in [6, 6.07) is 6.66. The number of carbonyl (C=O) groups excluding carboxylic acids is 1. The number of fused-ring (bicyclic) bond motifs is 3. The number of halogens is 3. The molecule has 2 bridgehead atoms. The number of piperidine rings is 1. The van der Waals surface area contributed by atoms with E-state index in [9.17, 15) is 23.1 Å². The lowest BCUT2D eigenvalue weighted by Crippen LogP contribution is -2.44. The van der Waals surface area contributed by atoms with Crippen LogP contribution in [0.25, 0.3) is 20.8 Å². The fourth-order valence-corrected chi connectivity index (χ4v) is 7.67. The molecule has 0 saturated carbocycles. The fraction of sp³-hybridized carbons (Fsp3) is 0.562. The van der Waals surface area contributed by atoms with Gasteiger partial charge >= 0.3 is 6.18 Å². The summed E-state index contributed by atoms with van der Waals surface area (Å²) >= 11 is 1.20. The van der Waals surface area contributed by atoms with Gasteiger partial charge < -0.3 is 29.9 Å². The Morgan fingerprint density at radius 3 is 2.53 bits per heavy atom. The summed E-state index contributed by atoms with van der Waals surface area (Å²) in [5.41, 5.74) is -0.0338. The van der Waals surface area contributed by atoms with E-state index in [1.165, 1.54) is 42.2 Å². The number of thiophene rings is 1. The second kappa shape index (κ2) is 13.8. The Bertz CT molecular complexity index is 1680. The highest BCUT2D eigenvalue weighted by Crippen LogP contribution is 2.44. The van der Waals surface area contributed by atoms with Crippen LogP contribution in [-0.4, -0.2) is 79.9 Å². The highest BCUT2D eigenvalue weighted by Gasteiger charge is 2.39. The van der Waals surface area contributed by atoms with E-state index < -0.39 is 24.1 Å². The summed E-state index contributed by atoms with van der Waals surface area (Å²) in [6.07, 6.45) is 0.179. The number of ether oxygens (including phenoxy) is 1. The normalized spacial score (nSPS) is 19.8. The Morgan fingerprint density at radius 2 is 1.89 bits per heavy atom. The first-order chi connectivity index (χ1) is 22.3. The van der Waals surface area contributed by atoms with Gasteiger partial charge in [0.1, 0.15) is 5.56 Å². The number of rotatable bonds is 10. The monoisotopic (exact) mass is 677 g/mol. The van der Waals surface area contributed by atoms with E-state index in [0.29, 0.717) is 22.2 Å². The largest absolute Gasteiger partial charge is 0.479 e. The van der Waals surface area contributed by atoms with Crippen LogP contribution in [0, 0.1) is 0 Å². The lowest BCUT2D eigenvalue weighted by atomic mass is 9.97. The number of aliphatic hydroxyl groups is 1. The van der Waals surface area contributed by atoms with Gasteiger partial charge in [-0.25, -0.2) is 0 Å². The van der Waals surface area contributed by atoms with Gasteiger partial charge in [0.25, 0.3) is 5.91 Å². The maximum Gasteiger partial charge on any atom is 0.393 e. The van der Waals surface area contributed by atoms with Crippen LogP contribution in [0.15, 0.2) is 28.9 Å². The fourth-order valence-electron chi connectivity index (χ4n) is 6.45. The molecule has 0 spiro atoms. The number of methoxy groups -OCH3 is 1. The number of nitrogens with one attached hydrogen (secondary N) is 2. The van der Waals surface area contributed by atoms with Crippen molar-refractivity contribution in [3.05, 3.63) is 41.4 Å². The van der Waals surface area contributed by atoms with Crippen LogP contribution >= 0.6 is 11.3 Å². The van der Waals surface area contributed by atoms with Crippen molar-refractivity contribution in [1.82, 2.24) is 30.1 Å². The third kappa shape index (κ3) is 7.90. The summed E-state index contributed by atoms with van der Waals surface area (Å²) in [4.78, 5) is 20.0. The van der Waals surface area contributed by atoms with E-state index in [0.717, 1.165) is 18.5 Å². The number of aromatic nitrogens is 4. The van der Waals surface area contributed by atoms with Gasteiger partial charge in [-0.05, 0) is 63.6 Å². The molecular weight excluding hydrogens is 635 g/mol. The van der Waals surface area contributed by atoms with E-state index in [1.807, 2.05) is 19.9 Å². The molecule has 3 aromatic heterocycles. The predicted octanol–water partition coefficient (Wildman–Crippen LogP) is 6.03. The lowest BCUT2D eigenvalue weighted by molar-refractivity contribution is -0.126. The molecule has 256 valence electrons. The zero-order chi connectivity index (χ0) is 34.1. The van der Waals surface area contributed by atoms with Crippen molar-refractivity contribution in [3.8, 4) is 16.6 Å². The van der Waals surface area contributed by atoms with Gasteiger partial charge in [0.15, 0.2) is 0 Å². The lowest BCUT2D eigenvalue weighted by Gasteiger charge is -2.37. The van der Waals surface area contributed by atoms with Gasteiger partial charge in [0.05, 0.1) is 47.5 Å². The van der Waals surface area contributed by atoms with Crippen molar-refractivity contribution in [2.45, 2.75) is 103 Å². The molecule has 4 aromatic rings. The Hall–Kier alpha value is -3.69. The van der Waals surface area contributed by atoms with E-state index in [2.05, 4.69) is 37.8 Å². The molecule has 2 atom stereocenters. The van der Waals surface area contributed by atoms with Gasteiger partial charge in [-0.15, -0.1) is 16.4 Å². The number of hydrogen-bond donors (Lipinski definition) is 3. The molecule has 1 amide bonds. The number of anilines is 1.